The molecule has 0 aliphatic carbocycles. The third-order valence-corrected chi connectivity index (χ3v) is 5.24. The molecule has 4 heterocycles. The molecule has 31 heavy (non-hydrogen) atoms. The Hall–Kier alpha value is -2.99. The zero-order chi connectivity index (χ0) is 22.2. The first-order chi connectivity index (χ1) is 14.7. The number of rotatable bonds is 5. The van der Waals surface area contributed by atoms with Crippen LogP contribution in [0.25, 0.3) is 17.0 Å². The normalized spacial score (nSPS) is 19.2. The van der Waals surface area contributed by atoms with Gasteiger partial charge < -0.3 is 20.5 Å². The smallest absolute Gasteiger partial charge is 0.422 e. The number of piperidine rings is 1. The fraction of sp³-hybridized carbons (Fsp3) is 0.474. The molecule has 0 amide bonds. The lowest BCUT2D eigenvalue weighted by molar-refractivity contribution is -0.261. The Balaban J connectivity index is 1.75. The van der Waals surface area contributed by atoms with Crippen LogP contribution in [0.5, 0.6) is 5.75 Å². The third kappa shape index (κ3) is 4.00. The second-order valence-electron chi connectivity index (χ2n) is 7.52. The molecular weight excluding hydrogens is 415 g/mol. The molecule has 1 fully saturated rings. The minimum absolute atomic E-state index is 0.205. The molecular formula is C19H22F3N7O2. The number of aliphatic hydroxyl groups is 1. The van der Waals surface area contributed by atoms with Crippen LogP contribution < -0.4 is 15.4 Å². The van der Waals surface area contributed by atoms with Gasteiger partial charge in [0, 0.05) is 18.7 Å². The summed E-state index contributed by atoms with van der Waals surface area (Å²) in [6.45, 7) is 2.41. The Morgan fingerprint density at radius 2 is 2.10 bits per heavy atom. The van der Waals surface area contributed by atoms with Gasteiger partial charge in [0.15, 0.2) is 5.65 Å². The summed E-state index contributed by atoms with van der Waals surface area (Å²) in [5, 5.41) is 20.8. The number of aromatic nitrogens is 5. The molecule has 3 aromatic heterocycles. The molecule has 0 aromatic carbocycles. The molecule has 1 saturated heterocycles. The minimum atomic E-state index is -4.96. The van der Waals surface area contributed by atoms with Crippen molar-refractivity contribution < 1.29 is 23.0 Å². The average molecular weight is 437 g/mol. The molecule has 4 rings (SSSR count). The highest BCUT2D eigenvalue weighted by atomic mass is 19.4. The van der Waals surface area contributed by atoms with E-state index in [2.05, 4.69) is 30.7 Å². The van der Waals surface area contributed by atoms with E-state index in [1.54, 1.807) is 6.20 Å². The molecule has 0 radical (unpaired) electrons. The molecule has 1 aliphatic rings. The van der Waals surface area contributed by atoms with Crippen molar-refractivity contribution in [2.24, 2.45) is 0 Å². The Morgan fingerprint density at radius 3 is 2.77 bits per heavy atom. The molecule has 3 N–H and O–H groups in total. The van der Waals surface area contributed by atoms with Crippen LogP contribution >= 0.6 is 0 Å². The molecule has 2 unspecified atom stereocenters. The van der Waals surface area contributed by atoms with Crippen LogP contribution in [0.15, 0.2) is 24.7 Å². The summed E-state index contributed by atoms with van der Waals surface area (Å²) in [5.41, 5.74) is -2.96. The first kappa shape index (κ1) is 21.2. The van der Waals surface area contributed by atoms with Crippen LogP contribution in [0.1, 0.15) is 25.5 Å². The predicted molar refractivity (Wildman–Crippen MR) is 106 cm³/mol. The minimum Gasteiger partial charge on any atom is -0.495 e. The lowest BCUT2D eigenvalue weighted by Crippen LogP contribution is -2.40. The van der Waals surface area contributed by atoms with Gasteiger partial charge in [-0.3, -0.25) is 4.98 Å². The van der Waals surface area contributed by atoms with Crippen molar-refractivity contribution in [1.29, 1.82) is 0 Å². The monoisotopic (exact) mass is 437 g/mol. The number of methoxy groups -OCH3 is 1. The van der Waals surface area contributed by atoms with Gasteiger partial charge in [0.2, 0.25) is 5.60 Å². The van der Waals surface area contributed by atoms with E-state index in [0.717, 1.165) is 25.9 Å². The van der Waals surface area contributed by atoms with Gasteiger partial charge >= 0.3 is 6.18 Å². The van der Waals surface area contributed by atoms with Crippen molar-refractivity contribution in [1.82, 2.24) is 29.9 Å². The lowest BCUT2D eigenvalue weighted by atomic mass is 10.0. The zero-order valence-corrected chi connectivity index (χ0v) is 16.9. The fourth-order valence-electron chi connectivity index (χ4n) is 3.44. The van der Waals surface area contributed by atoms with E-state index < -0.39 is 17.5 Å². The predicted octanol–water partition coefficient (Wildman–Crippen LogP) is 2.13. The van der Waals surface area contributed by atoms with Crippen LogP contribution in [0.3, 0.4) is 0 Å². The molecule has 3 aromatic rings. The second-order valence-corrected chi connectivity index (χ2v) is 7.52. The molecule has 1 aliphatic heterocycles. The van der Waals surface area contributed by atoms with Crippen LogP contribution in [0.2, 0.25) is 0 Å². The zero-order valence-electron chi connectivity index (χ0n) is 16.9. The summed E-state index contributed by atoms with van der Waals surface area (Å²) in [6, 6.07) is 1.49. The van der Waals surface area contributed by atoms with E-state index >= 15 is 0 Å². The third-order valence-electron chi connectivity index (χ3n) is 5.24. The van der Waals surface area contributed by atoms with Crippen molar-refractivity contribution >= 4 is 11.5 Å². The number of imidazole rings is 1. The van der Waals surface area contributed by atoms with E-state index in [4.69, 9.17) is 4.74 Å². The van der Waals surface area contributed by atoms with Gasteiger partial charge in [0.05, 0.1) is 25.7 Å². The number of hydrogen-bond acceptors (Lipinski definition) is 8. The first-order valence-corrected chi connectivity index (χ1v) is 9.72. The number of fused-ring (bicyclic) bond motifs is 1. The largest absolute Gasteiger partial charge is 0.495 e. The summed E-state index contributed by atoms with van der Waals surface area (Å²) in [6.07, 6.45) is 1.57. The fourth-order valence-corrected chi connectivity index (χ4v) is 3.44. The number of nitrogens with zero attached hydrogens (tertiary/aromatic N) is 5. The van der Waals surface area contributed by atoms with Gasteiger partial charge in [0.1, 0.15) is 28.6 Å². The van der Waals surface area contributed by atoms with E-state index in [0.29, 0.717) is 24.1 Å². The number of ether oxygens (including phenoxy) is 1. The maximum atomic E-state index is 13.5. The topological polar surface area (TPSA) is 109 Å². The van der Waals surface area contributed by atoms with Gasteiger partial charge in [-0.15, -0.1) is 0 Å². The van der Waals surface area contributed by atoms with Crippen LogP contribution in [0.4, 0.5) is 19.0 Å². The van der Waals surface area contributed by atoms with Crippen molar-refractivity contribution in [2.75, 3.05) is 25.5 Å². The second kappa shape index (κ2) is 7.93. The molecule has 0 bridgehead atoms. The van der Waals surface area contributed by atoms with Crippen molar-refractivity contribution in [3.05, 3.63) is 30.4 Å². The summed E-state index contributed by atoms with van der Waals surface area (Å²) >= 11 is 0. The Morgan fingerprint density at radius 1 is 1.29 bits per heavy atom. The van der Waals surface area contributed by atoms with E-state index in [-0.39, 0.29) is 17.4 Å². The lowest BCUT2D eigenvalue weighted by Gasteiger charge is -2.26. The molecule has 2 atom stereocenters. The van der Waals surface area contributed by atoms with Crippen LogP contribution in [-0.4, -0.2) is 62.1 Å². The van der Waals surface area contributed by atoms with Gasteiger partial charge in [-0.25, -0.2) is 14.5 Å². The van der Waals surface area contributed by atoms with Gasteiger partial charge in [-0.2, -0.15) is 18.3 Å². The van der Waals surface area contributed by atoms with Gasteiger partial charge in [0.25, 0.3) is 0 Å². The van der Waals surface area contributed by atoms with E-state index in [1.165, 1.54) is 30.1 Å². The number of hydrogen-bond donors (Lipinski definition) is 3. The maximum Gasteiger partial charge on any atom is 0.422 e. The quantitative estimate of drug-likeness (QED) is 0.557. The highest BCUT2D eigenvalue weighted by Gasteiger charge is 2.54. The van der Waals surface area contributed by atoms with Crippen LogP contribution in [-0.2, 0) is 5.60 Å². The Labute approximate surface area is 175 Å². The SMILES string of the molecule is COc1cc2ncc(-c3cncc(NC4CCCNC4)n3)n2nc1C(C)(O)C(F)(F)F. The first-order valence-electron chi connectivity index (χ1n) is 9.72. The van der Waals surface area contributed by atoms with E-state index in [1.807, 2.05) is 0 Å². The summed E-state index contributed by atoms with van der Waals surface area (Å²) in [5.74, 6) is 0.315. The standard InChI is InChI=1S/C19H22F3N7O2/c1-18(30,19(20,21)22)17-14(31-2)6-16-25-9-13(29(16)28-17)12-8-24-10-15(27-12)26-11-4-3-5-23-7-11/h6,8-11,23,30H,3-5,7H2,1-2H3,(H,26,27). The van der Waals surface area contributed by atoms with Gasteiger partial charge in [-0.1, -0.05) is 0 Å². The van der Waals surface area contributed by atoms with Gasteiger partial charge in [-0.05, 0) is 26.3 Å². The molecule has 166 valence electrons. The summed E-state index contributed by atoms with van der Waals surface area (Å²) in [7, 11) is 1.20. The molecule has 12 heteroatoms. The van der Waals surface area contributed by atoms with Crippen LogP contribution in [0, 0.1) is 0 Å². The number of nitrogens with one attached hydrogen (secondary N) is 2. The van der Waals surface area contributed by atoms with Crippen molar-refractivity contribution in [2.45, 2.75) is 37.6 Å². The molecule has 9 nitrogen and oxygen atoms in total. The molecule has 0 saturated carbocycles. The van der Waals surface area contributed by atoms with Crippen molar-refractivity contribution in [3.8, 4) is 17.1 Å². The summed E-state index contributed by atoms with van der Waals surface area (Å²) < 4.78 is 46.6. The number of halogens is 3. The van der Waals surface area contributed by atoms with Crippen molar-refractivity contribution in [3.63, 3.8) is 0 Å². The number of anilines is 1. The maximum absolute atomic E-state index is 13.5. The highest BCUT2D eigenvalue weighted by Crippen LogP contribution is 2.41. The highest BCUT2D eigenvalue weighted by molar-refractivity contribution is 5.61. The molecule has 0 spiro atoms. The summed E-state index contributed by atoms with van der Waals surface area (Å²) in [4.78, 5) is 12.9. The number of alkyl halides is 3. The average Bonchev–Trinajstić information content (AvgIpc) is 3.16. The van der Waals surface area contributed by atoms with E-state index in [9.17, 15) is 18.3 Å². The Kier molecular flexibility index (Phi) is 5.43. The Bertz CT molecular complexity index is 1080.